The van der Waals surface area contributed by atoms with Gasteiger partial charge < -0.3 is 5.32 Å². The number of imide groups is 1. The zero-order chi connectivity index (χ0) is 20.1. The molecule has 1 aliphatic rings. The molecule has 1 fully saturated rings. The molecule has 1 atom stereocenters. The summed E-state index contributed by atoms with van der Waals surface area (Å²) in [5, 5.41) is 3.54. The number of carbonyl (C=O) groups is 3. The van der Waals surface area contributed by atoms with E-state index in [2.05, 4.69) is 10.7 Å². The first-order chi connectivity index (χ1) is 13.5. The Labute approximate surface area is 168 Å². The summed E-state index contributed by atoms with van der Waals surface area (Å²) >= 11 is 1.43. The van der Waals surface area contributed by atoms with E-state index in [-0.39, 0.29) is 11.7 Å². The van der Waals surface area contributed by atoms with Crippen molar-refractivity contribution in [3.05, 3.63) is 71.3 Å². The van der Waals surface area contributed by atoms with E-state index in [1.807, 2.05) is 56.3 Å². The normalized spacial score (nSPS) is 18.9. The lowest BCUT2D eigenvalue weighted by Crippen LogP contribution is -2.49. The minimum Gasteiger partial charge on any atom is -0.318 e. The fraction of sp³-hybridized carbons (Fsp3) is 0.286. The highest BCUT2D eigenvalue weighted by molar-refractivity contribution is 7.99. The van der Waals surface area contributed by atoms with Crippen molar-refractivity contribution in [1.82, 2.24) is 15.8 Å². The highest BCUT2D eigenvalue weighted by atomic mass is 32.2. The standard InChI is InChI=1S/C21H23N3O3S/c1-3-21(17-7-5-4-6-8-17)19(26)24(20(27)22-21)23-18(25)14-28-13-16-11-9-15(2)10-12-16/h4-12H,3,13-14H2,1-2H3,(H,22,27)(H,23,25)/t21-/m1/s1. The highest BCUT2D eigenvalue weighted by Crippen LogP contribution is 2.31. The van der Waals surface area contributed by atoms with E-state index >= 15 is 0 Å². The Hall–Kier alpha value is -2.80. The van der Waals surface area contributed by atoms with Gasteiger partial charge in [0.15, 0.2) is 0 Å². The van der Waals surface area contributed by atoms with Gasteiger partial charge in [-0.1, -0.05) is 67.1 Å². The van der Waals surface area contributed by atoms with Crippen LogP contribution < -0.4 is 10.7 Å². The Morgan fingerprint density at radius 3 is 2.43 bits per heavy atom. The second-order valence-corrected chi connectivity index (χ2v) is 7.69. The Morgan fingerprint density at radius 1 is 1.11 bits per heavy atom. The first-order valence-electron chi connectivity index (χ1n) is 9.11. The second-order valence-electron chi connectivity index (χ2n) is 6.71. The average molecular weight is 398 g/mol. The Kier molecular flexibility index (Phi) is 6.04. The number of hydrogen-bond acceptors (Lipinski definition) is 4. The molecule has 2 aromatic carbocycles. The monoisotopic (exact) mass is 397 g/mol. The third-order valence-corrected chi connectivity index (χ3v) is 5.75. The van der Waals surface area contributed by atoms with E-state index in [0.29, 0.717) is 17.7 Å². The second kappa shape index (κ2) is 8.48. The van der Waals surface area contributed by atoms with Crippen molar-refractivity contribution in [3.63, 3.8) is 0 Å². The number of hydrogen-bond donors (Lipinski definition) is 2. The van der Waals surface area contributed by atoms with Crippen molar-refractivity contribution in [2.75, 3.05) is 5.75 Å². The molecule has 3 rings (SSSR count). The van der Waals surface area contributed by atoms with E-state index in [0.717, 1.165) is 10.6 Å². The van der Waals surface area contributed by atoms with Crippen LogP contribution in [0.25, 0.3) is 0 Å². The van der Waals surface area contributed by atoms with E-state index < -0.39 is 17.5 Å². The summed E-state index contributed by atoms with van der Waals surface area (Å²) in [5.41, 5.74) is 4.29. The molecule has 0 spiro atoms. The lowest BCUT2D eigenvalue weighted by Gasteiger charge is -2.25. The fourth-order valence-electron chi connectivity index (χ4n) is 3.14. The van der Waals surface area contributed by atoms with Crippen LogP contribution in [0.3, 0.4) is 0 Å². The highest BCUT2D eigenvalue weighted by Gasteiger charge is 2.52. The van der Waals surface area contributed by atoms with Crippen molar-refractivity contribution >= 4 is 29.6 Å². The van der Waals surface area contributed by atoms with Gasteiger partial charge >= 0.3 is 6.03 Å². The van der Waals surface area contributed by atoms with Crippen LogP contribution in [0.5, 0.6) is 0 Å². The number of aryl methyl sites for hydroxylation is 1. The Morgan fingerprint density at radius 2 is 1.79 bits per heavy atom. The maximum Gasteiger partial charge on any atom is 0.344 e. The van der Waals surface area contributed by atoms with Gasteiger partial charge in [0, 0.05) is 5.75 Å². The molecule has 4 amide bonds. The van der Waals surface area contributed by atoms with Gasteiger partial charge in [-0.25, -0.2) is 4.79 Å². The summed E-state index contributed by atoms with van der Waals surface area (Å²) < 4.78 is 0. The summed E-state index contributed by atoms with van der Waals surface area (Å²) in [5.74, 6) is -0.0322. The van der Waals surface area contributed by atoms with E-state index in [4.69, 9.17) is 0 Å². The minimum absolute atomic E-state index is 0.148. The topological polar surface area (TPSA) is 78.5 Å². The van der Waals surface area contributed by atoms with Crippen LogP contribution in [0.1, 0.15) is 30.0 Å². The number of nitrogens with one attached hydrogen (secondary N) is 2. The van der Waals surface area contributed by atoms with E-state index in [1.165, 1.54) is 17.3 Å². The van der Waals surface area contributed by atoms with Crippen LogP contribution in [0, 0.1) is 6.92 Å². The first-order valence-corrected chi connectivity index (χ1v) is 10.3. The summed E-state index contributed by atoms with van der Waals surface area (Å²) in [4.78, 5) is 37.6. The van der Waals surface area contributed by atoms with Gasteiger partial charge in [0.1, 0.15) is 5.54 Å². The van der Waals surface area contributed by atoms with Crippen LogP contribution >= 0.6 is 11.8 Å². The van der Waals surface area contributed by atoms with Crippen LogP contribution in [0.4, 0.5) is 4.79 Å². The largest absolute Gasteiger partial charge is 0.344 e. The number of rotatable bonds is 7. The van der Waals surface area contributed by atoms with Gasteiger partial charge in [-0.05, 0) is 24.5 Å². The molecule has 2 N–H and O–H groups in total. The molecule has 0 aliphatic carbocycles. The summed E-state index contributed by atoms with van der Waals surface area (Å²) in [6.45, 7) is 3.85. The molecule has 7 heteroatoms. The van der Waals surface area contributed by atoms with Gasteiger partial charge in [-0.15, -0.1) is 11.8 Å². The molecule has 2 aromatic rings. The van der Waals surface area contributed by atoms with Crippen molar-refractivity contribution < 1.29 is 14.4 Å². The van der Waals surface area contributed by atoms with E-state index in [9.17, 15) is 14.4 Å². The van der Waals surface area contributed by atoms with Crippen LogP contribution in [-0.2, 0) is 20.9 Å². The predicted molar refractivity (Wildman–Crippen MR) is 109 cm³/mol. The molecule has 146 valence electrons. The molecular formula is C21H23N3O3S. The molecule has 1 heterocycles. The van der Waals surface area contributed by atoms with Gasteiger partial charge in [0.2, 0.25) is 5.91 Å². The summed E-state index contributed by atoms with van der Waals surface area (Å²) in [6, 6.07) is 16.5. The molecular weight excluding hydrogens is 374 g/mol. The maximum atomic E-state index is 13.0. The lowest BCUT2D eigenvalue weighted by molar-refractivity contribution is -0.138. The number of carbonyl (C=O) groups excluding carboxylic acids is 3. The predicted octanol–water partition coefficient (Wildman–Crippen LogP) is 3.12. The summed E-state index contributed by atoms with van der Waals surface area (Å²) in [6.07, 6.45) is 0.385. The molecule has 6 nitrogen and oxygen atoms in total. The van der Waals surface area contributed by atoms with Crippen LogP contribution in [0.15, 0.2) is 54.6 Å². The number of urea groups is 1. The summed E-state index contributed by atoms with van der Waals surface area (Å²) in [7, 11) is 0. The van der Waals surface area contributed by atoms with Crippen LogP contribution in [-0.4, -0.2) is 28.6 Å². The van der Waals surface area contributed by atoms with Crippen molar-refractivity contribution in [2.24, 2.45) is 0 Å². The van der Waals surface area contributed by atoms with Crippen LogP contribution in [0.2, 0.25) is 0 Å². The molecule has 0 aromatic heterocycles. The minimum atomic E-state index is -1.15. The molecule has 0 bridgehead atoms. The van der Waals surface area contributed by atoms with E-state index in [1.54, 1.807) is 12.1 Å². The molecule has 1 aliphatic heterocycles. The van der Waals surface area contributed by atoms with Gasteiger partial charge in [0.05, 0.1) is 5.75 Å². The van der Waals surface area contributed by atoms with Gasteiger partial charge in [0.25, 0.3) is 5.91 Å². The third-order valence-electron chi connectivity index (χ3n) is 4.75. The molecule has 0 unspecified atom stereocenters. The molecule has 0 saturated carbocycles. The number of thioether (sulfide) groups is 1. The molecule has 0 radical (unpaired) electrons. The van der Waals surface area contributed by atoms with Crippen molar-refractivity contribution in [2.45, 2.75) is 31.6 Å². The first kappa shape index (κ1) is 19.9. The fourth-order valence-corrected chi connectivity index (χ4v) is 3.92. The smallest absolute Gasteiger partial charge is 0.318 e. The molecule has 1 saturated heterocycles. The SMILES string of the molecule is CC[C@]1(c2ccccc2)NC(=O)N(NC(=O)CSCc2ccc(C)cc2)C1=O. The van der Waals surface area contributed by atoms with Gasteiger partial charge in [-0.2, -0.15) is 5.01 Å². The number of benzene rings is 2. The lowest BCUT2D eigenvalue weighted by atomic mass is 9.87. The van der Waals surface area contributed by atoms with Gasteiger partial charge in [-0.3, -0.25) is 15.0 Å². The quantitative estimate of drug-likeness (QED) is 0.704. The number of amides is 4. The Balaban J connectivity index is 1.60. The zero-order valence-electron chi connectivity index (χ0n) is 15.9. The molecule has 28 heavy (non-hydrogen) atoms. The number of nitrogens with zero attached hydrogens (tertiary/aromatic N) is 1. The maximum absolute atomic E-state index is 13.0. The Bertz CT molecular complexity index is 870. The third kappa shape index (κ3) is 4.04. The zero-order valence-corrected chi connectivity index (χ0v) is 16.7. The average Bonchev–Trinajstić information content (AvgIpc) is 2.95. The van der Waals surface area contributed by atoms with Crippen molar-refractivity contribution in [1.29, 1.82) is 0 Å². The number of hydrazine groups is 1. The van der Waals surface area contributed by atoms with Crippen molar-refractivity contribution in [3.8, 4) is 0 Å².